The van der Waals surface area contributed by atoms with Crippen LogP contribution in [-0.2, 0) is 59.3 Å². The maximum absolute atomic E-state index is 14.7. The Kier molecular flexibility index (Phi) is 31.7. The molecule has 3 unspecified atom stereocenters. The summed E-state index contributed by atoms with van der Waals surface area (Å²) in [4.78, 5) is 35.4. The normalized spacial score (nSPS) is 20.7. The number of para-hydroxylation sites is 5. The zero-order valence-corrected chi connectivity index (χ0v) is 69.2. The molecule has 0 bridgehead atoms. The van der Waals surface area contributed by atoms with Crippen LogP contribution in [0.25, 0.3) is 39.0 Å². The number of aromatic nitrogens is 1. The van der Waals surface area contributed by atoms with Crippen molar-refractivity contribution in [2.24, 2.45) is 22.7 Å². The van der Waals surface area contributed by atoms with E-state index in [1.165, 1.54) is 48.9 Å². The van der Waals surface area contributed by atoms with Crippen molar-refractivity contribution in [3.05, 3.63) is 352 Å². The van der Waals surface area contributed by atoms with Crippen molar-refractivity contribution in [3.8, 4) is 16.9 Å². The van der Waals surface area contributed by atoms with Crippen LogP contribution in [0.4, 0.5) is 17.1 Å². The molecule has 1 fully saturated rings. The summed E-state index contributed by atoms with van der Waals surface area (Å²) in [5.74, 6) is 1.38. The van der Waals surface area contributed by atoms with E-state index in [0.717, 1.165) is 157 Å². The summed E-state index contributed by atoms with van der Waals surface area (Å²) in [5.41, 5.74) is 15.9. The van der Waals surface area contributed by atoms with Crippen molar-refractivity contribution in [1.82, 2.24) is 4.57 Å². The van der Waals surface area contributed by atoms with Crippen molar-refractivity contribution >= 4 is 62.6 Å². The number of ether oxygens (including phenoxy) is 1. The number of allylic oxidation sites excluding steroid dienone is 24. The number of hydrogen-bond acceptors (Lipinski definition) is 7. The van der Waals surface area contributed by atoms with E-state index in [1.807, 2.05) is 72.8 Å². The molecule has 582 valence electrons. The first-order valence-electron chi connectivity index (χ1n) is 38.8. The van der Waals surface area contributed by atoms with Crippen LogP contribution in [0.15, 0.2) is 300 Å². The number of carbonyl (C=O) groups is 2. The molecule has 0 radical (unpaired) electrons. The van der Waals surface area contributed by atoms with Gasteiger partial charge in [-0.3, -0.25) is 14.6 Å². The van der Waals surface area contributed by atoms with Crippen LogP contribution in [-0.4, -0.2) is 64.0 Å². The molecular formula is C101H112Fe2N4O5. The molecule has 17 rings (SSSR count). The fourth-order valence-corrected chi connectivity index (χ4v) is 17.2. The number of aliphatic hydroxyl groups excluding tert-OH is 1. The van der Waals surface area contributed by atoms with E-state index in [1.54, 1.807) is 13.3 Å². The maximum atomic E-state index is 14.7. The number of methoxy groups -OCH3 is 1. The van der Waals surface area contributed by atoms with Gasteiger partial charge in [0.15, 0.2) is 18.0 Å². The third kappa shape index (κ3) is 18.4. The number of Topliss-reactive ketones (excluding diaryl/α,β-unsaturated/α-hetero) is 2. The van der Waals surface area contributed by atoms with Gasteiger partial charge in [-0.2, -0.15) is 4.58 Å². The molecule has 0 amide bonds. The first-order valence-corrected chi connectivity index (χ1v) is 38.8. The van der Waals surface area contributed by atoms with E-state index in [9.17, 15) is 19.8 Å². The third-order valence-corrected chi connectivity index (χ3v) is 23.3. The average Bonchev–Trinajstić information content (AvgIpc) is 1.70. The first kappa shape index (κ1) is 88.1. The standard InChI is InChI=1S/C49H48N2O3.C38H40N2O2.2C5H6.4CH3.2Fe/c1-33-25-27-36(28-26-33)46-44(38-21-10-12-23-41(38)51(46)37-19-6-5-7-20-37)45-47(52)39(48(45)53)32-43-49(3,30-15-14-18-35-16-8-9-17-35)40-22-11-13-24-42(40)50(43)31-29-34(2)54-4;1-38(22-11-16-26-14-5-6-15-26)31-18-8-10-20-33(31)40(23-21-27-12-3-2-4-13-27)34(38)24-29-36(41)35(37(29)42)30-25-39-32-19-9-7-17-28(30)32;2*1-2-4-5-3-1;;;;;;/h5-13,16-17,19-28,32,34-35H,14-15,18,29-31H2,1-4H3;5-10,14-15,17-20,24-27,41H,2-4,11-13,16,21-23H2,1H3;2*1-4H,5H2;4*1H3;;/q;;;;4*-1;2*+2. The second-order valence-corrected chi connectivity index (χ2v) is 30.3. The van der Waals surface area contributed by atoms with E-state index in [4.69, 9.17) is 4.74 Å². The molecule has 3 atom stereocenters. The van der Waals surface area contributed by atoms with Gasteiger partial charge in [-0.15, -0.1) is 0 Å². The molecule has 0 saturated heterocycles. The van der Waals surface area contributed by atoms with Crippen LogP contribution in [0.2, 0.25) is 0 Å². The molecule has 7 aromatic rings. The number of nitrogens with zero attached hydrogens (tertiary/aromatic N) is 4. The summed E-state index contributed by atoms with van der Waals surface area (Å²) in [6.07, 6.45) is 58.4. The number of rotatable bonds is 21. The Morgan fingerprint density at radius 3 is 1.86 bits per heavy atom. The average molecular weight is 1570 g/mol. The van der Waals surface area contributed by atoms with Crippen LogP contribution in [0, 0.1) is 54.4 Å². The number of fused-ring (bicyclic) bond motifs is 4. The predicted molar refractivity (Wildman–Crippen MR) is 462 cm³/mol. The molecule has 1 N–H and O–H groups in total. The van der Waals surface area contributed by atoms with E-state index in [0.29, 0.717) is 28.5 Å². The summed E-state index contributed by atoms with van der Waals surface area (Å²) < 4.78 is 10.2. The van der Waals surface area contributed by atoms with Crippen molar-refractivity contribution in [2.75, 3.05) is 25.1 Å². The molecule has 3 aliphatic heterocycles. The van der Waals surface area contributed by atoms with Crippen molar-refractivity contribution < 1.29 is 63.3 Å². The quantitative estimate of drug-likeness (QED) is 0.0252. The maximum Gasteiger partial charge on any atom is 2.00 e. The predicted octanol–water partition coefficient (Wildman–Crippen LogP) is 23.9. The number of aliphatic imine (C=N–C) groups is 1. The second-order valence-electron chi connectivity index (χ2n) is 30.3. The fourth-order valence-electron chi connectivity index (χ4n) is 17.2. The number of anilines is 1. The van der Waals surface area contributed by atoms with Gasteiger partial charge in [-0.1, -0.05) is 275 Å². The van der Waals surface area contributed by atoms with E-state index >= 15 is 0 Å². The van der Waals surface area contributed by atoms with Crippen molar-refractivity contribution in [1.29, 1.82) is 0 Å². The van der Waals surface area contributed by atoms with Crippen LogP contribution in [0.5, 0.6) is 0 Å². The molecule has 11 heteroatoms. The minimum Gasteiger partial charge on any atom is -0.871 e. The monoisotopic (exact) mass is 1570 g/mol. The summed E-state index contributed by atoms with van der Waals surface area (Å²) in [7, 11) is 1.75. The molecule has 9 nitrogen and oxygen atoms in total. The number of carbonyl (C=O) groups excluding carboxylic acids is 2. The van der Waals surface area contributed by atoms with Crippen LogP contribution in [0.1, 0.15) is 151 Å². The molecule has 1 saturated carbocycles. The molecule has 6 aromatic carbocycles. The molecular weight excluding hydrogens is 1460 g/mol. The SMILES string of the molecule is C1=CCC=C1.C1=CCC=C1.CC1(CCCC2C=CC=C2)C(=CC2=C(O)C(=C3C=Nc4ccccc43)C2=O)N(CCC2CCCCC2)c2ccccc21.COC(C)CC[N+]1=C(C=C2C(=O)C(c3c(-c4ccc(C)cc4)n(-c4ccccc4)c4ccccc34)=C2[O-])C(C)(CCCCC2C=CC=C2)c2ccccc21.[CH3-].[CH3-].[CH3-].[CH3-].[Fe+2].[Fe+2]. The number of benzene rings is 6. The summed E-state index contributed by atoms with van der Waals surface area (Å²) in [5, 5.41) is 27.0. The Morgan fingerprint density at radius 2 is 1.22 bits per heavy atom. The summed E-state index contributed by atoms with van der Waals surface area (Å²) >= 11 is 0. The van der Waals surface area contributed by atoms with E-state index in [2.05, 4.69) is 235 Å². The minimum atomic E-state index is -0.367. The van der Waals surface area contributed by atoms with Gasteiger partial charge >= 0.3 is 34.1 Å². The molecule has 4 heterocycles. The van der Waals surface area contributed by atoms with Gasteiger partial charge in [0.1, 0.15) is 5.76 Å². The van der Waals surface area contributed by atoms with Crippen LogP contribution >= 0.6 is 0 Å². The third-order valence-electron chi connectivity index (χ3n) is 23.3. The largest absolute Gasteiger partial charge is 2.00 e. The number of unbranched alkanes of at least 4 members (excludes halogenated alkanes) is 1. The zero-order chi connectivity index (χ0) is 73.2. The minimum absolute atomic E-state index is 0. The van der Waals surface area contributed by atoms with Crippen LogP contribution < -0.4 is 10.0 Å². The van der Waals surface area contributed by atoms with Gasteiger partial charge in [-0.25, -0.2) is 0 Å². The molecule has 7 aliphatic carbocycles. The van der Waals surface area contributed by atoms with Gasteiger partial charge < -0.3 is 54.1 Å². The number of hydrogen-bond donors (Lipinski definition) is 1. The summed E-state index contributed by atoms with van der Waals surface area (Å²) in [6, 6.07) is 51.8. The Balaban J connectivity index is 0.000000242. The number of aliphatic hydroxyl groups is 1. The number of ketones is 2. The Hall–Kier alpha value is -9.44. The van der Waals surface area contributed by atoms with E-state index in [-0.39, 0.29) is 115 Å². The number of aryl methyl sites for hydroxylation is 1. The van der Waals surface area contributed by atoms with Crippen molar-refractivity contribution in [2.45, 2.75) is 147 Å². The second kappa shape index (κ2) is 40.3. The van der Waals surface area contributed by atoms with Gasteiger partial charge in [0.2, 0.25) is 11.5 Å². The molecule has 112 heavy (non-hydrogen) atoms. The topological polar surface area (TPSA) is 110 Å². The zero-order valence-electron chi connectivity index (χ0n) is 67.0. The molecule has 10 aliphatic rings. The van der Waals surface area contributed by atoms with Gasteiger partial charge in [0, 0.05) is 99.7 Å². The summed E-state index contributed by atoms with van der Waals surface area (Å²) in [6.45, 7) is 10.5. The fraction of sp³-hybridized carbons (Fsp3) is 0.287. The van der Waals surface area contributed by atoms with Crippen molar-refractivity contribution in [3.63, 3.8) is 0 Å². The molecule has 0 spiro atoms. The smallest absolute Gasteiger partial charge is 0.871 e. The first-order chi connectivity index (χ1) is 51.8. The Morgan fingerprint density at radius 1 is 0.634 bits per heavy atom. The Bertz CT molecular complexity index is 4910. The molecule has 1 aromatic heterocycles. The van der Waals surface area contributed by atoms with E-state index < -0.39 is 0 Å². The van der Waals surface area contributed by atoms with Gasteiger partial charge in [0.25, 0.3) is 0 Å². The Labute approximate surface area is 690 Å². The van der Waals surface area contributed by atoms with Gasteiger partial charge in [-0.05, 0) is 138 Å². The van der Waals surface area contributed by atoms with Gasteiger partial charge in [0.05, 0.1) is 39.6 Å². The van der Waals surface area contributed by atoms with Crippen LogP contribution in [0.3, 0.4) is 0 Å².